The molecule has 21 heavy (non-hydrogen) atoms. The van der Waals surface area contributed by atoms with Crippen molar-refractivity contribution in [2.24, 2.45) is 0 Å². The highest BCUT2D eigenvalue weighted by Crippen LogP contribution is 2.36. The lowest BCUT2D eigenvalue weighted by Gasteiger charge is -2.17. The van der Waals surface area contributed by atoms with Crippen LogP contribution in [-0.4, -0.2) is 23.2 Å². The minimum atomic E-state index is -4.31. The van der Waals surface area contributed by atoms with Crippen LogP contribution in [0.1, 0.15) is 43.2 Å². The molecular formula is C15H18F3NO2. The monoisotopic (exact) mass is 301 g/mol. The Balaban J connectivity index is 1.97. The van der Waals surface area contributed by atoms with Crippen molar-refractivity contribution in [3.05, 3.63) is 35.4 Å². The third-order valence-corrected chi connectivity index (χ3v) is 4.00. The molecule has 1 fully saturated rings. The van der Waals surface area contributed by atoms with E-state index in [0.29, 0.717) is 0 Å². The summed E-state index contributed by atoms with van der Waals surface area (Å²) >= 11 is 0. The first-order chi connectivity index (χ1) is 9.77. The summed E-state index contributed by atoms with van der Waals surface area (Å²) in [6.45, 7) is 1.59. The summed E-state index contributed by atoms with van der Waals surface area (Å²) in [5.74, 6) is -0.709. The zero-order valence-electron chi connectivity index (χ0n) is 11.7. The summed E-state index contributed by atoms with van der Waals surface area (Å²) in [4.78, 5) is 10.8. The summed E-state index contributed by atoms with van der Waals surface area (Å²) < 4.78 is 37.5. The predicted molar refractivity (Wildman–Crippen MR) is 72.1 cm³/mol. The van der Waals surface area contributed by atoms with Crippen LogP contribution in [0, 0.1) is 0 Å². The molecule has 0 amide bonds. The smallest absolute Gasteiger partial charge is 0.416 e. The van der Waals surface area contributed by atoms with E-state index in [2.05, 4.69) is 5.32 Å². The Labute approximate surface area is 121 Å². The van der Waals surface area contributed by atoms with E-state index in [1.54, 1.807) is 6.92 Å². The van der Waals surface area contributed by atoms with Crippen molar-refractivity contribution in [1.82, 2.24) is 5.32 Å². The second kappa shape index (κ2) is 6.05. The van der Waals surface area contributed by atoms with Gasteiger partial charge in [0.05, 0.1) is 5.56 Å². The molecule has 0 bridgehead atoms. The molecule has 0 aliphatic heterocycles. The maximum absolute atomic E-state index is 12.5. The first-order valence-corrected chi connectivity index (χ1v) is 6.93. The molecule has 3 nitrogen and oxygen atoms in total. The fraction of sp³-hybridized carbons (Fsp3) is 0.533. The maximum Gasteiger partial charge on any atom is 0.416 e. The molecule has 1 aliphatic rings. The number of benzene rings is 1. The molecule has 116 valence electrons. The molecule has 6 heteroatoms. The average Bonchev–Trinajstić information content (AvgIpc) is 2.86. The number of halogens is 3. The minimum Gasteiger partial charge on any atom is -0.480 e. The van der Waals surface area contributed by atoms with Crippen molar-refractivity contribution in [3.63, 3.8) is 0 Å². The van der Waals surface area contributed by atoms with E-state index in [9.17, 15) is 18.0 Å². The zero-order valence-corrected chi connectivity index (χ0v) is 11.7. The van der Waals surface area contributed by atoms with Crippen molar-refractivity contribution in [2.75, 3.05) is 0 Å². The highest BCUT2D eigenvalue weighted by molar-refractivity contribution is 5.72. The number of aliphatic carboxylic acids is 1. The number of carboxylic acid groups (broad SMARTS) is 1. The molecule has 0 saturated heterocycles. The Kier molecular flexibility index (Phi) is 4.56. The summed E-state index contributed by atoms with van der Waals surface area (Å²) in [7, 11) is 0. The first-order valence-electron chi connectivity index (χ1n) is 6.93. The van der Waals surface area contributed by atoms with Gasteiger partial charge in [-0.15, -0.1) is 0 Å². The van der Waals surface area contributed by atoms with Crippen molar-refractivity contribution in [2.45, 2.75) is 50.4 Å². The Bertz CT molecular complexity index is 499. The summed E-state index contributed by atoms with van der Waals surface area (Å²) in [5.41, 5.74) is 0.244. The molecule has 1 aromatic rings. The molecule has 3 unspecified atom stereocenters. The Morgan fingerprint density at radius 3 is 2.43 bits per heavy atom. The summed E-state index contributed by atoms with van der Waals surface area (Å²) in [6, 6.07) is 4.75. The molecule has 2 N–H and O–H groups in total. The van der Waals surface area contributed by atoms with Crippen LogP contribution in [0.3, 0.4) is 0 Å². The Morgan fingerprint density at radius 1 is 1.29 bits per heavy atom. The third kappa shape index (κ3) is 3.97. The number of alkyl halides is 3. The Morgan fingerprint density at radius 2 is 1.90 bits per heavy atom. The molecule has 0 radical (unpaired) electrons. The van der Waals surface area contributed by atoms with Gasteiger partial charge in [0.25, 0.3) is 0 Å². The molecule has 0 aromatic heterocycles. The van der Waals surface area contributed by atoms with Crippen molar-refractivity contribution in [3.8, 4) is 0 Å². The topological polar surface area (TPSA) is 49.3 Å². The lowest BCUT2D eigenvalue weighted by Crippen LogP contribution is -2.40. The zero-order chi connectivity index (χ0) is 15.6. The fourth-order valence-corrected chi connectivity index (χ4v) is 2.80. The fourth-order valence-electron chi connectivity index (χ4n) is 2.80. The normalized spacial score (nSPS) is 24.0. The summed E-state index contributed by atoms with van der Waals surface area (Å²) in [6.07, 6.45) is -1.86. The molecule has 1 saturated carbocycles. The van der Waals surface area contributed by atoms with Gasteiger partial charge in [0, 0.05) is 6.04 Å². The molecular weight excluding hydrogens is 283 g/mol. The lowest BCUT2D eigenvalue weighted by atomic mass is 9.96. The predicted octanol–water partition coefficient (Wildman–Crippen LogP) is 3.40. The van der Waals surface area contributed by atoms with Crippen LogP contribution in [-0.2, 0) is 11.0 Å². The van der Waals surface area contributed by atoms with Crippen LogP contribution in [0.4, 0.5) is 13.2 Å². The number of carboxylic acids is 1. The van der Waals surface area contributed by atoms with Gasteiger partial charge in [-0.3, -0.25) is 4.79 Å². The van der Waals surface area contributed by atoms with E-state index in [0.717, 1.165) is 37.0 Å². The van der Waals surface area contributed by atoms with Gasteiger partial charge in [-0.1, -0.05) is 12.1 Å². The quantitative estimate of drug-likeness (QED) is 0.896. The van der Waals surface area contributed by atoms with Gasteiger partial charge in [0.2, 0.25) is 0 Å². The maximum atomic E-state index is 12.5. The van der Waals surface area contributed by atoms with Gasteiger partial charge in [0.1, 0.15) is 6.04 Å². The van der Waals surface area contributed by atoms with E-state index in [-0.39, 0.29) is 12.0 Å². The van der Waals surface area contributed by atoms with Crippen LogP contribution in [0.25, 0.3) is 0 Å². The van der Waals surface area contributed by atoms with Crippen molar-refractivity contribution < 1.29 is 23.1 Å². The Hall–Kier alpha value is -1.56. The molecule has 3 atom stereocenters. The molecule has 1 aliphatic carbocycles. The molecule has 0 spiro atoms. The second-order valence-corrected chi connectivity index (χ2v) is 5.55. The van der Waals surface area contributed by atoms with Gasteiger partial charge in [-0.2, -0.15) is 13.2 Å². The van der Waals surface area contributed by atoms with Gasteiger partial charge >= 0.3 is 12.1 Å². The highest BCUT2D eigenvalue weighted by Gasteiger charge is 2.31. The third-order valence-electron chi connectivity index (χ3n) is 4.00. The number of rotatable bonds is 4. The second-order valence-electron chi connectivity index (χ2n) is 5.55. The molecule has 1 aromatic carbocycles. The number of nitrogens with one attached hydrogen (secondary N) is 1. The van der Waals surface area contributed by atoms with Gasteiger partial charge in [0.15, 0.2) is 0 Å². The highest BCUT2D eigenvalue weighted by atomic mass is 19.4. The standard InChI is InChI=1S/C15H18F3NO2/c1-9(14(20)21)19-13-7-4-11(8-13)10-2-5-12(6-3-10)15(16,17)18/h2-3,5-6,9,11,13,19H,4,7-8H2,1H3,(H,20,21). The van der Waals surface area contributed by atoms with Crippen LogP contribution in [0.15, 0.2) is 24.3 Å². The number of hydrogen-bond donors (Lipinski definition) is 2. The van der Waals surface area contributed by atoms with Crippen molar-refractivity contribution >= 4 is 5.97 Å². The van der Waals surface area contributed by atoms with Crippen LogP contribution < -0.4 is 5.32 Å². The lowest BCUT2D eigenvalue weighted by molar-refractivity contribution is -0.139. The molecule has 0 heterocycles. The number of carbonyl (C=O) groups is 1. The number of hydrogen-bond acceptors (Lipinski definition) is 2. The summed E-state index contributed by atoms with van der Waals surface area (Å²) in [5, 5.41) is 11.9. The van der Waals surface area contributed by atoms with E-state index in [4.69, 9.17) is 5.11 Å². The molecule has 2 rings (SSSR count). The van der Waals surface area contributed by atoms with Crippen LogP contribution in [0.5, 0.6) is 0 Å². The van der Waals surface area contributed by atoms with E-state index < -0.39 is 23.8 Å². The van der Waals surface area contributed by atoms with Gasteiger partial charge in [-0.05, 0) is 49.8 Å². The van der Waals surface area contributed by atoms with Crippen molar-refractivity contribution in [1.29, 1.82) is 0 Å². The van der Waals surface area contributed by atoms with E-state index in [1.807, 2.05) is 0 Å². The van der Waals surface area contributed by atoms with Crippen LogP contribution in [0.2, 0.25) is 0 Å². The first kappa shape index (κ1) is 15.8. The van der Waals surface area contributed by atoms with Crippen LogP contribution >= 0.6 is 0 Å². The van der Waals surface area contributed by atoms with E-state index >= 15 is 0 Å². The van der Waals surface area contributed by atoms with Gasteiger partial charge in [-0.25, -0.2) is 0 Å². The minimum absolute atomic E-state index is 0.100. The SMILES string of the molecule is CC(NC1CCC(c2ccc(C(F)(F)F)cc2)C1)C(=O)O. The largest absolute Gasteiger partial charge is 0.480 e. The van der Waals surface area contributed by atoms with Gasteiger partial charge < -0.3 is 10.4 Å². The average molecular weight is 301 g/mol. The van der Waals surface area contributed by atoms with E-state index in [1.165, 1.54) is 12.1 Å².